The second-order valence-electron chi connectivity index (χ2n) is 7.26. The van der Waals surface area contributed by atoms with E-state index >= 15 is 0 Å². The molecule has 0 fully saturated rings. The standard InChI is InChI=1S/C24H18F3NO3S/c1-14-21(31-23(28-14)15-5-7-18(8-6-15)24(25,26)27)13-32-19-9-10-20-16(11-19)3-2-4-17(20)12-22(29)30/h2-11H,12-13H2,1H3,(H,29,30). The molecule has 164 valence electrons. The Morgan fingerprint density at radius 1 is 1.09 bits per heavy atom. The van der Waals surface area contributed by atoms with Crippen LogP contribution >= 0.6 is 11.8 Å². The molecule has 1 heterocycles. The van der Waals surface area contributed by atoms with Crippen LogP contribution in [0.2, 0.25) is 0 Å². The lowest BCUT2D eigenvalue weighted by Crippen LogP contribution is -2.03. The molecule has 0 atom stereocenters. The summed E-state index contributed by atoms with van der Waals surface area (Å²) in [6.07, 6.45) is -4.42. The van der Waals surface area contributed by atoms with Crippen LogP contribution in [0.25, 0.3) is 22.2 Å². The summed E-state index contributed by atoms with van der Waals surface area (Å²) in [5.41, 5.74) is 1.20. The minimum absolute atomic E-state index is 0.0339. The van der Waals surface area contributed by atoms with Crippen molar-refractivity contribution in [2.75, 3.05) is 0 Å². The van der Waals surface area contributed by atoms with Crippen LogP contribution in [0.3, 0.4) is 0 Å². The third-order valence-corrected chi connectivity index (χ3v) is 6.00. The van der Waals surface area contributed by atoms with Crippen molar-refractivity contribution in [2.45, 2.75) is 30.2 Å². The highest BCUT2D eigenvalue weighted by Crippen LogP contribution is 2.33. The Morgan fingerprint density at radius 3 is 2.53 bits per heavy atom. The number of carbonyl (C=O) groups is 1. The highest BCUT2D eigenvalue weighted by Gasteiger charge is 2.30. The van der Waals surface area contributed by atoms with Crippen LogP contribution < -0.4 is 0 Å². The van der Waals surface area contributed by atoms with Crippen molar-refractivity contribution in [1.29, 1.82) is 0 Å². The first-order valence-electron chi connectivity index (χ1n) is 9.71. The van der Waals surface area contributed by atoms with E-state index in [0.717, 1.165) is 33.4 Å². The molecular weight excluding hydrogens is 439 g/mol. The predicted octanol–water partition coefficient (Wildman–Crippen LogP) is 6.74. The van der Waals surface area contributed by atoms with Crippen molar-refractivity contribution in [3.05, 3.63) is 83.2 Å². The van der Waals surface area contributed by atoms with Gasteiger partial charge in [-0.3, -0.25) is 4.79 Å². The first-order chi connectivity index (χ1) is 15.2. The predicted molar refractivity (Wildman–Crippen MR) is 117 cm³/mol. The summed E-state index contributed by atoms with van der Waals surface area (Å²) >= 11 is 1.54. The number of halogens is 3. The first kappa shape index (κ1) is 22.0. The van der Waals surface area contributed by atoms with E-state index in [4.69, 9.17) is 9.52 Å². The van der Waals surface area contributed by atoms with E-state index in [-0.39, 0.29) is 12.3 Å². The Morgan fingerprint density at radius 2 is 1.84 bits per heavy atom. The van der Waals surface area contributed by atoms with Crippen LogP contribution in [0, 0.1) is 6.92 Å². The highest BCUT2D eigenvalue weighted by atomic mass is 32.2. The molecule has 0 unspecified atom stereocenters. The van der Waals surface area contributed by atoms with Gasteiger partial charge in [0.05, 0.1) is 23.4 Å². The molecule has 4 rings (SSSR count). The van der Waals surface area contributed by atoms with Gasteiger partial charge in [0.2, 0.25) is 5.89 Å². The number of nitrogens with zero attached hydrogens (tertiary/aromatic N) is 1. The minimum Gasteiger partial charge on any atom is -0.481 e. The van der Waals surface area contributed by atoms with Crippen molar-refractivity contribution in [3.8, 4) is 11.5 Å². The third kappa shape index (κ3) is 4.80. The number of thioether (sulfide) groups is 1. The van der Waals surface area contributed by atoms with E-state index in [2.05, 4.69) is 4.98 Å². The van der Waals surface area contributed by atoms with Crippen LogP contribution in [0.15, 0.2) is 70.0 Å². The number of carboxylic acids is 1. The molecule has 0 radical (unpaired) electrons. The van der Waals surface area contributed by atoms with Gasteiger partial charge < -0.3 is 9.52 Å². The second kappa shape index (κ2) is 8.70. The lowest BCUT2D eigenvalue weighted by Gasteiger charge is -2.07. The summed E-state index contributed by atoms with van der Waals surface area (Å²) in [6.45, 7) is 1.80. The molecule has 0 bridgehead atoms. The fraction of sp³-hybridized carbons (Fsp3) is 0.167. The molecule has 32 heavy (non-hydrogen) atoms. The first-order valence-corrected chi connectivity index (χ1v) is 10.7. The van der Waals surface area contributed by atoms with Gasteiger partial charge in [-0.25, -0.2) is 4.98 Å². The number of benzene rings is 3. The number of alkyl halides is 3. The van der Waals surface area contributed by atoms with Crippen LogP contribution in [-0.4, -0.2) is 16.1 Å². The van der Waals surface area contributed by atoms with E-state index < -0.39 is 17.7 Å². The number of aliphatic carboxylic acids is 1. The van der Waals surface area contributed by atoms with E-state index in [9.17, 15) is 18.0 Å². The van der Waals surface area contributed by atoms with Gasteiger partial charge >= 0.3 is 12.1 Å². The number of fused-ring (bicyclic) bond motifs is 1. The maximum Gasteiger partial charge on any atom is 0.416 e. The molecule has 1 N–H and O–H groups in total. The van der Waals surface area contributed by atoms with Crippen LogP contribution in [0.5, 0.6) is 0 Å². The highest BCUT2D eigenvalue weighted by molar-refractivity contribution is 7.98. The quantitative estimate of drug-likeness (QED) is 0.325. The number of hydrogen-bond donors (Lipinski definition) is 1. The zero-order valence-electron chi connectivity index (χ0n) is 16.9. The van der Waals surface area contributed by atoms with Crippen molar-refractivity contribution >= 4 is 28.5 Å². The number of carboxylic acid groups (broad SMARTS) is 1. The fourth-order valence-corrected chi connectivity index (χ4v) is 4.31. The lowest BCUT2D eigenvalue weighted by molar-refractivity contribution is -0.138. The largest absolute Gasteiger partial charge is 0.481 e. The molecular formula is C24H18F3NO3S. The molecule has 8 heteroatoms. The van der Waals surface area contributed by atoms with E-state index in [1.54, 1.807) is 6.92 Å². The number of aryl methyl sites for hydroxylation is 1. The summed E-state index contributed by atoms with van der Waals surface area (Å²) in [4.78, 5) is 16.4. The molecule has 4 nitrogen and oxygen atoms in total. The van der Waals surface area contributed by atoms with E-state index in [1.807, 2.05) is 36.4 Å². The van der Waals surface area contributed by atoms with Crippen LogP contribution in [-0.2, 0) is 23.1 Å². The molecule has 0 spiro atoms. The van der Waals surface area contributed by atoms with Gasteiger partial charge in [0, 0.05) is 10.5 Å². The van der Waals surface area contributed by atoms with Gasteiger partial charge in [0.15, 0.2) is 0 Å². The Balaban J connectivity index is 1.50. The summed E-state index contributed by atoms with van der Waals surface area (Å²) in [5.74, 6) is 0.550. The Hall–Kier alpha value is -3.26. The van der Waals surface area contributed by atoms with Crippen molar-refractivity contribution in [3.63, 3.8) is 0 Å². The van der Waals surface area contributed by atoms with Crippen LogP contribution in [0.1, 0.15) is 22.6 Å². The average molecular weight is 457 g/mol. The van der Waals surface area contributed by atoms with Gasteiger partial charge in [-0.15, -0.1) is 11.8 Å². The smallest absolute Gasteiger partial charge is 0.416 e. The lowest BCUT2D eigenvalue weighted by atomic mass is 10.0. The Bertz CT molecular complexity index is 1280. The monoisotopic (exact) mass is 457 g/mol. The molecule has 0 aliphatic rings. The van der Waals surface area contributed by atoms with E-state index in [1.165, 1.54) is 23.9 Å². The number of aromatic nitrogens is 1. The van der Waals surface area contributed by atoms with E-state index in [0.29, 0.717) is 22.8 Å². The summed E-state index contributed by atoms with van der Waals surface area (Å²) in [5, 5.41) is 10.9. The molecule has 0 aliphatic heterocycles. The van der Waals surface area contributed by atoms with Gasteiger partial charge in [0.25, 0.3) is 0 Å². The van der Waals surface area contributed by atoms with Crippen LogP contribution in [0.4, 0.5) is 13.2 Å². The molecule has 1 aromatic heterocycles. The van der Waals surface area contributed by atoms with Crippen molar-refractivity contribution in [2.24, 2.45) is 0 Å². The minimum atomic E-state index is -4.39. The molecule has 4 aromatic rings. The average Bonchev–Trinajstić information content (AvgIpc) is 3.12. The molecule has 0 saturated carbocycles. The molecule has 0 saturated heterocycles. The summed E-state index contributed by atoms with van der Waals surface area (Å²) in [6, 6.07) is 16.1. The van der Waals surface area contributed by atoms with Gasteiger partial charge in [0.1, 0.15) is 5.76 Å². The zero-order chi connectivity index (χ0) is 22.9. The van der Waals surface area contributed by atoms with Crippen molar-refractivity contribution < 1.29 is 27.5 Å². The maximum atomic E-state index is 12.8. The molecule has 0 amide bonds. The van der Waals surface area contributed by atoms with Gasteiger partial charge in [-0.05, 0) is 59.7 Å². The van der Waals surface area contributed by atoms with Gasteiger partial charge in [-0.2, -0.15) is 13.2 Å². The number of oxazole rings is 1. The third-order valence-electron chi connectivity index (χ3n) is 5.01. The summed E-state index contributed by atoms with van der Waals surface area (Å²) in [7, 11) is 0. The number of hydrogen-bond acceptors (Lipinski definition) is 4. The van der Waals surface area contributed by atoms with Crippen molar-refractivity contribution in [1.82, 2.24) is 4.98 Å². The summed E-state index contributed by atoms with van der Waals surface area (Å²) < 4.78 is 44.1. The normalized spacial score (nSPS) is 11.8. The number of rotatable bonds is 6. The Kier molecular flexibility index (Phi) is 5.97. The van der Waals surface area contributed by atoms with Gasteiger partial charge in [-0.1, -0.05) is 24.3 Å². The maximum absolute atomic E-state index is 12.8. The second-order valence-corrected chi connectivity index (χ2v) is 8.31. The fourth-order valence-electron chi connectivity index (χ4n) is 3.37. The Labute approximate surface area is 186 Å². The zero-order valence-corrected chi connectivity index (χ0v) is 17.8. The molecule has 3 aromatic carbocycles. The SMILES string of the molecule is Cc1nc(-c2ccc(C(F)(F)F)cc2)oc1CSc1ccc2c(CC(=O)O)cccc2c1. The molecule has 0 aliphatic carbocycles. The topological polar surface area (TPSA) is 63.3 Å².